The van der Waals surface area contributed by atoms with Gasteiger partial charge in [0.05, 0.1) is 18.9 Å². The molecule has 9 N–H and O–H groups in total. The van der Waals surface area contributed by atoms with E-state index >= 15 is 0 Å². The smallest absolute Gasteiger partial charge is 0.326 e. The Morgan fingerprint density at radius 2 is 1.34 bits per heavy atom. The van der Waals surface area contributed by atoms with E-state index in [9.17, 15) is 28.8 Å². The molecule has 0 aromatic heterocycles. The molecule has 5 atom stereocenters. The van der Waals surface area contributed by atoms with Gasteiger partial charge in [-0.1, -0.05) is 34.1 Å². The van der Waals surface area contributed by atoms with Crippen LogP contribution in [0.4, 0.5) is 0 Å². The average Bonchev–Trinajstić information content (AvgIpc) is 2.68. The number of primary amides is 1. The summed E-state index contributed by atoms with van der Waals surface area (Å²) in [6, 6.07) is -5.39. The van der Waals surface area contributed by atoms with Crippen molar-refractivity contribution >= 4 is 35.6 Å². The first-order chi connectivity index (χ1) is 14.7. The zero-order chi connectivity index (χ0) is 25.2. The normalized spacial score (nSPS) is 15.6. The number of carbonyl (C=O) groups excluding carboxylic acids is 4. The summed E-state index contributed by atoms with van der Waals surface area (Å²) in [5.41, 5.74) is 10.8. The summed E-state index contributed by atoms with van der Waals surface area (Å²) in [7, 11) is 0. The molecule has 0 saturated heterocycles. The molecular weight excluding hydrogens is 426 g/mol. The van der Waals surface area contributed by atoms with Crippen molar-refractivity contribution in [3.8, 4) is 0 Å². The highest BCUT2D eigenvalue weighted by atomic mass is 16.4. The first-order valence-corrected chi connectivity index (χ1v) is 10.1. The topological polar surface area (TPSA) is 231 Å². The van der Waals surface area contributed by atoms with E-state index < -0.39 is 78.5 Å². The molecule has 4 amide bonds. The van der Waals surface area contributed by atoms with Crippen molar-refractivity contribution in [2.45, 2.75) is 71.1 Å². The van der Waals surface area contributed by atoms with Crippen molar-refractivity contribution < 1.29 is 39.0 Å². The maximum absolute atomic E-state index is 12.7. The third-order valence-corrected chi connectivity index (χ3v) is 4.84. The van der Waals surface area contributed by atoms with Crippen LogP contribution in [-0.2, 0) is 28.8 Å². The molecule has 32 heavy (non-hydrogen) atoms. The number of nitrogens with one attached hydrogen (secondary N) is 3. The van der Waals surface area contributed by atoms with E-state index in [-0.39, 0.29) is 5.92 Å². The third-order valence-electron chi connectivity index (χ3n) is 4.84. The molecule has 0 aromatic rings. The highest BCUT2D eigenvalue weighted by Crippen LogP contribution is 2.08. The summed E-state index contributed by atoms with van der Waals surface area (Å²) in [4.78, 5) is 71.0. The van der Waals surface area contributed by atoms with Crippen molar-refractivity contribution in [1.29, 1.82) is 0 Å². The summed E-state index contributed by atoms with van der Waals surface area (Å²) in [5, 5.41) is 25.0. The van der Waals surface area contributed by atoms with Crippen molar-refractivity contribution in [1.82, 2.24) is 16.0 Å². The number of hydrogen-bond acceptors (Lipinski definition) is 7. The fraction of sp³-hybridized carbons (Fsp3) is 0.684. The second-order valence-corrected chi connectivity index (χ2v) is 7.87. The molecule has 0 aromatic carbocycles. The van der Waals surface area contributed by atoms with Crippen LogP contribution >= 0.6 is 0 Å². The van der Waals surface area contributed by atoms with E-state index in [0.717, 1.165) is 0 Å². The molecule has 0 spiro atoms. The molecule has 13 nitrogen and oxygen atoms in total. The lowest BCUT2D eigenvalue weighted by Gasteiger charge is -2.27. The van der Waals surface area contributed by atoms with Crippen molar-refractivity contribution in [2.75, 3.05) is 0 Å². The van der Waals surface area contributed by atoms with Gasteiger partial charge in [0, 0.05) is 0 Å². The van der Waals surface area contributed by atoms with Crippen LogP contribution in [-0.4, -0.2) is 69.9 Å². The quantitative estimate of drug-likeness (QED) is 0.151. The van der Waals surface area contributed by atoms with Gasteiger partial charge in [-0.05, 0) is 11.8 Å². The molecule has 0 fully saturated rings. The predicted octanol–water partition coefficient (Wildman–Crippen LogP) is -2.10. The number of aliphatic carboxylic acids is 2. The number of nitrogens with two attached hydrogens (primary N) is 2. The van der Waals surface area contributed by atoms with E-state index in [1.54, 1.807) is 20.8 Å². The van der Waals surface area contributed by atoms with Gasteiger partial charge in [0.15, 0.2) is 0 Å². The number of amides is 4. The Labute approximate surface area is 185 Å². The molecule has 0 aliphatic carbocycles. The Balaban J connectivity index is 5.50. The van der Waals surface area contributed by atoms with Crippen LogP contribution in [0.3, 0.4) is 0 Å². The first kappa shape index (κ1) is 28.8. The molecule has 13 heteroatoms. The Morgan fingerprint density at radius 1 is 0.812 bits per heavy atom. The van der Waals surface area contributed by atoms with Crippen LogP contribution in [0, 0.1) is 11.8 Å². The van der Waals surface area contributed by atoms with Crippen molar-refractivity contribution in [3.05, 3.63) is 0 Å². The van der Waals surface area contributed by atoms with Crippen LogP contribution in [0.5, 0.6) is 0 Å². The lowest BCUT2D eigenvalue weighted by molar-refractivity contribution is -0.144. The summed E-state index contributed by atoms with van der Waals surface area (Å²) in [5.74, 6) is -7.21. The van der Waals surface area contributed by atoms with Gasteiger partial charge in [0.2, 0.25) is 23.6 Å². The van der Waals surface area contributed by atoms with Gasteiger partial charge >= 0.3 is 11.9 Å². The van der Waals surface area contributed by atoms with Gasteiger partial charge in [-0.2, -0.15) is 0 Å². The van der Waals surface area contributed by atoms with Gasteiger partial charge in [-0.15, -0.1) is 0 Å². The molecule has 5 unspecified atom stereocenters. The minimum absolute atomic E-state index is 0.226. The molecule has 0 radical (unpaired) electrons. The molecule has 0 aliphatic rings. The maximum atomic E-state index is 12.7. The summed E-state index contributed by atoms with van der Waals surface area (Å²) in [6.07, 6.45) is -0.849. The number of rotatable bonds is 14. The second-order valence-electron chi connectivity index (χ2n) is 7.87. The highest BCUT2D eigenvalue weighted by molar-refractivity contribution is 5.96. The van der Waals surface area contributed by atoms with Crippen LogP contribution in [0.25, 0.3) is 0 Å². The van der Waals surface area contributed by atoms with Crippen LogP contribution in [0.2, 0.25) is 0 Å². The largest absolute Gasteiger partial charge is 0.481 e. The van der Waals surface area contributed by atoms with E-state index in [4.69, 9.17) is 21.7 Å². The van der Waals surface area contributed by atoms with Crippen molar-refractivity contribution in [3.63, 3.8) is 0 Å². The SMILES string of the molecule is CCC(C)C(N)C(=O)NC(CC(=O)O)C(=O)NC(C(=O)NC(CC(N)=O)C(=O)O)C(C)C. The molecule has 0 rings (SSSR count). The Bertz CT molecular complexity index is 727. The predicted molar refractivity (Wildman–Crippen MR) is 112 cm³/mol. The average molecular weight is 460 g/mol. The van der Waals surface area contributed by atoms with E-state index in [0.29, 0.717) is 6.42 Å². The van der Waals surface area contributed by atoms with Gasteiger partial charge in [0.25, 0.3) is 0 Å². The van der Waals surface area contributed by atoms with E-state index in [1.807, 2.05) is 6.92 Å². The molecule has 0 heterocycles. The Hall–Kier alpha value is -3.22. The highest BCUT2D eigenvalue weighted by Gasteiger charge is 2.33. The Kier molecular flexibility index (Phi) is 11.9. The minimum atomic E-state index is -1.61. The molecule has 0 bridgehead atoms. The molecular formula is C19H33N5O8. The van der Waals surface area contributed by atoms with Gasteiger partial charge in [-0.25, -0.2) is 4.79 Å². The summed E-state index contributed by atoms with van der Waals surface area (Å²) >= 11 is 0. The van der Waals surface area contributed by atoms with Gasteiger partial charge in [0.1, 0.15) is 18.1 Å². The summed E-state index contributed by atoms with van der Waals surface area (Å²) in [6.45, 7) is 6.64. The summed E-state index contributed by atoms with van der Waals surface area (Å²) < 4.78 is 0. The second kappa shape index (κ2) is 13.2. The van der Waals surface area contributed by atoms with Crippen LogP contribution in [0.1, 0.15) is 47.0 Å². The Morgan fingerprint density at radius 3 is 1.75 bits per heavy atom. The molecule has 182 valence electrons. The van der Waals surface area contributed by atoms with Gasteiger partial charge < -0.3 is 37.6 Å². The monoisotopic (exact) mass is 459 g/mol. The fourth-order valence-electron chi connectivity index (χ4n) is 2.62. The zero-order valence-electron chi connectivity index (χ0n) is 18.6. The molecule has 0 aliphatic heterocycles. The third kappa shape index (κ3) is 9.73. The van der Waals surface area contributed by atoms with E-state index in [1.165, 1.54) is 0 Å². The lowest BCUT2D eigenvalue weighted by Crippen LogP contribution is -2.59. The maximum Gasteiger partial charge on any atom is 0.326 e. The number of carbonyl (C=O) groups is 6. The fourth-order valence-corrected chi connectivity index (χ4v) is 2.62. The first-order valence-electron chi connectivity index (χ1n) is 10.1. The van der Waals surface area contributed by atoms with Crippen LogP contribution in [0.15, 0.2) is 0 Å². The van der Waals surface area contributed by atoms with Crippen LogP contribution < -0.4 is 27.4 Å². The van der Waals surface area contributed by atoms with E-state index in [2.05, 4.69) is 16.0 Å². The number of carboxylic acid groups (broad SMARTS) is 2. The van der Waals surface area contributed by atoms with Crippen molar-refractivity contribution in [2.24, 2.45) is 23.3 Å². The zero-order valence-corrected chi connectivity index (χ0v) is 18.6. The molecule has 0 saturated carbocycles. The standard InChI is InChI=1S/C19H33N5O8/c1-5-9(4)14(21)17(29)22-10(7-13(26)27)16(28)24-15(8(2)3)18(30)23-11(19(31)32)6-12(20)25/h8-11,14-15H,5-7,21H2,1-4H3,(H2,20,25)(H,22,29)(H,23,30)(H,24,28)(H,26,27)(H,31,32). The number of hydrogen-bond donors (Lipinski definition) is 7. The van der Waals surface area contributed by atoms with Gasteiger partial charge in [-0.3, -0.25) is 24.0 Å². The minimum Gasteiger partial charge on any atom is -0.481 e. The number of carboxylic acids is 2. The lowest BCUT2D eigenvalue weighted by atomic mass is 9.98.